The summed E-state index contributed by atoms with van der Waals surface area (Å²) in [5.41, 5.74) is 0. The Bertz CT molecular complexity index is 10.8. The zero-order chi connectivity index (χ0) is 5.41. The fourth-order valence-corrected chi connectivity index (χ4v) is 0. The van der Waals surface area contributed by atoms with Crippen LogP contribution in [0.2, 0.25) is 0 Å². The highest BCUT2D eigenvalue weighted by atomic mass is 27.2. The Kier molecular flexibility index (Phi) is 29.2. The van der Waals surface area contributed by atoms with Crippen molar-refractivity contribution in [3.63, 3.8) is 0 Å². The molecule has 0 aromatic carbocycles. The predicted molar refractivity (Wildman–Crippen MR) is 25.0 cm³/mol. The van der Waals surface area contributed by atoms with Crippen LogP contribution in [-0.2, 0) is 0 Å². The minimum absolute atomic E-state index is 1.00. The van der Waals surface area contributed by atoms with E-state index in [2.05, 4.69) is 6.92 Å². The molecule has 0 N–H and O–H groups in total. The minimum Gasteiger partial charge on any atom is -0.377 e. The Labute approximate surface area is 44.2 Å². The van der Waals surface area contributed by atoms with Gasteiger partial charge < -0.3 is 7.05 Å². The predicted octanol–water partition coefficient (Wildman–Crippen LogP) is 1.42. The standard InChI is InChI=1S/C3H7.Al.2FH.H/c1-3-2;;;;/h1,3H2,2H3;;2*1H;/q;+2;;;/p-2. The van der Waals surface area contributed by atoms with Gasteiger partial charge in [0.15, 0.2) is 0 Å². The molecule has 0 bridgehead atoms. The lowest BCUT2D eigenvalue weighted by atomic mass is 10.6. The van der Waals surface area contributed by atoms with Crippen LogP contribution in [0.3, 0.4) is 0 Å². The average Bonchev–Trinajstić information content (AvgIpc) is 1.39. The molecule has 6 heavy (non-hydrogen) atoms. The topological polar surface area (TPSA) is 0 Å². The SMILES string of the molecule is [CH2]CC.[F][AlH][F]. The summed E-state index contributed by atoms with van der Waals surface area (Å²) in [4.78, 5) is 0. The van der Waals surface area contributed by atoms with Gasteiger partial charge in [-0.05, 0) is 0 Å². The largest absolute Gasteiger partial charge is 0.732 e. The fraction of sp³-hybridized carbons (Fsp3) is 0.667. The monoisotopic (exact) mass is 109 g/mol. The third kappa shape index (κ3) is 328. The van der Waals surface area contributed by atoms with Crippen LogP contribution in [0.1, 0.15) is 13.3 Å². The van der Waals surface area contributed by atoms with Crippen LogP contribution in [0.15, 0.2) is 0 Å². The molecule has 0 unspecified atom stereocenters. The molecule has 0 saturated carbocycles. The molecule has 0 saturated heterocycles. The Balaban J connectivity index is 0. The van der Waals surface area contributed by atoms with Gasteiger partial charge in [0.2, 0.25) is 0 Å². The number of hydrogen-bond acceptors (Lipinski definition) is 0. The van der Waals surface area contributed by atoms with Crippen LogP contribution in [0.4, 0.5) is 7.05 Å². The maximum atomic E-state index is 9.76. The second-order valence-electron chi connectivity index (χ2n) is 0.601. The van der Waals surface area contributed by atoms with Gasteiger partial charge in [-0.2, -0.15) is 0 Å². The van der Waals surface area contributed by atoms with Crippen LogP contribution in [-0.4, -0.2) is 16.1 Å². The van der Waals surface area contributed by atoms with Gasteiger partial charge in [-0.25, -0.2) is 0 Å². The highest BCUT2D eigenvalue weighted by Crippen LogP contribution is 1.54. The average molecular weight is 109 g/mol. The highest BCUT2D eigenvalue weighted by Gasteiger charge is 1.70. The lowest BCUT2D eigenvalue weighted by Gasteiger charge is -1.47. The van der Waals surface area contributed by atoms with Crippen LogP contribution in [0, 0.1) is 6.92 Å². The fourth-order valence-electron chi connectivity index (χ4n) is 0. The molecule has 0 fully saturated rings. The first-order valence-corrected chi connectivity index (χ1v) is 2.81. The molecule has 0 nitrogen and oxygen atoms in total. The van der Waals surface area contributed by atoms with E-state index in [0.717, 1.165) is 6.42 Å². The molecule has 0 aromatic rings. The molecule has 0 aliphatic rings. The molecular formula is C3H8AlF2. The summed E-state index contributed by atoms with van der Waals surface area (Å²) in [6, 6.07) is 0. The zero-order valence-electron chi connectivity index (χ0n) is 3.88. The van der Waals surface area contributed by atoms with Gasteiger partial charge in [0, 0.05) is 0 Å². The van der Waals surface area contributed by atoms with E-state index in [1.807, 2.05) is 6.92 Å². The first kappa shape index (κ1) is 9.63. The van der Waals surface area contributed by atoms with Gasteiger partial charge in [-0.3, -0.25) is 0 Å². The molecule has 0 aromatic heterocycles. The first-order chi connectivity index (χ1) is 2.83. The molecule has 1 radical (unpaired) electrons. The summed E-state index contributed by atoms with van der Waals surface area (Å²) in [6.07, 6.45) is 1.00. The molecule has 0 aliphatic heterocycles. The van der Waals surface area contributed by atoms with Crippen LogP contribution in [0.5, 0.6) is 0 Å². The van der Waals surface area contributed by atoms with Gasteiger partial charge in [0.25, 0.3) is 0 Å². The van der Waals surface area contributed by atoms with E-state index in [1.165, 1.54) is 0 Å². The van der Waals surface area contributed by atoms with Crippen molar-refractivity contribution in [3.8, 4) is 0 Å². The maximum absolute atomic E-state index is 9.76. The number of rotatable bonds is 0. The van der Waals surface area contributed by atoms with Gasteiger partial charge in [0.05, 0.1) is 0 Å². The van der Waals surface area contributed by atoms with E-state index in [-0.39, 0.29) is 0 Å². The van der Waals surface area contributed by atoms with Crippen molar-refractivity contribution in [1.29, 1.82) is 0 Å². The molecule has 37 valence electrons. The van der Waals surface area contributed by atoms with E-state index in [0.29, 0.717) is 0 Å². The molecule has 0 amide bonds. The Morgan fingerprint density at radius 2 is 1.67 bits per heavy atom. The lowest BCUT2D eigenvalue weighted by molar-refractivity contribution is 0.712. The Morgan fingerprint density at radius 1 is 1.67 bits per heavy atom. The molecule has 0 aliphatic carbocycles. The van der Waals surface area contributed by atoms with Crippen LogP contribution in [0.25, 0.3) is 0 Å². The normalized spacial score (nSPS) is 5.33. The molecule has 0 atom stereocenters. The van der Waals surface area contributed by atoms with Crippen LogP contribution < -0.4 is 0 Å². The smallest absolute Gasteiger partial charge is 0.377 e. The zero-order valence-corrected chi connectivity index (χ0v) is 5.29. The van der Waals surface area contributed by atoms with Crippen molar-refractivity contribution in [2.45, 2.75) is 13.3 Å². The summed E-state index contributed by atoms with van der Waals surface area (Å²) >= 11 is -2.58. The lowest BCUT2D eigenvalue weighted by Crippen LogP contribution is -1.45. The maximum Gasteiger partial charge on any atom is 0.732 e. The summed E-state index contributed by atoms with van der Waals surface area (Å²) in [7, 11) is 0. The van der Waals surface area contributed by atoms with E-state index < -0.39 is 16.1 Å². The summed E-state index contributed by atoms with van der Waals surface area (Å²) in [5, 5.41) is 0. The third-order valence-corrected chi connectivity index (χ3v) is 0. The van der Waals surface area contributed by atoms with E-state index in [4.69, 9.17) is 0 Å². The van der Waals surface area contributed by atoms with Crippen molar-refractivity contribution < 1.29 is 7.05 Å². The summed E-state index contributed by atoms with van der Waals surface area (Å²) in [5.74, 6) is 0. The van der Waals surface area contributed by atoms with Crippen molar-refractivity contribution in [3.05, 3.63) is 6.92 Å². The molecule has 3 heteroatoms. The number of halogens is 2. The van der Waals surface area contributed by atoms with Crippen LogP contribution >= 0.6 is 0 Å². The van der Waals surface area contributed by atoms with Gasteiger partial charge >= 0.3 is 16.1 Å². The highest BCUT2D eigenvalue weighted by molar-refractivity contribution is 6.15. The second-order valence-corrected chi connectivity index (χ2v) is 0.803. The second kappa shape index (κ2) is 18.2. The van der Waals surface area contributed by atoms with E-state index >= 15 is 0 Å². The number of hydrogen-bond donors (Lipinski definition) is 0. The van der Waals surface area contributed by atoms with E-state index in [1.54, 1.807) is 0 Å². The van der Waals surface area contributed by atoms with Crippen molar-refractivity contribution in [2.75, 3.05) is 0 Å². The quantitative estimate of drug-likeness (QED) is 0.413. The molecular weight excluding hydrogens is 101 g/mol. The first-order valence-electron chi connectivity index (χ1n) is 1.74. The van der Waals surface area contributed by atoms with Crippen molar-refractivity contribution in [2.24, 2.45) is 0 Å². The molecule has 0 spiro atoms. The Hall–Kier alpha value is 0.392. The Morgan fingerprint density at radius 3 is 1.67 bits per heavy atom. The van der Waals surface area contributed by atoms with Crippen molar-refractivity contribution in [1.82, 2.24) is 0 Å². The van der Waals surface area contributed by atoms with Gasteiger partial charge in [-0.1, -0.05) is 20.3 Å². The van der Waals surface area contributed by atoms with Crippen molar-refractivity contribution >= 4 is 16.1 Å². The minimum atomic E-state index is -2.58. The van der Waals surface area contributed by atoms with Gasteiger partial charge in [-0.15, -0.1) is 0 Å². The third-order valence-electron chi connectivity index (χ3n) is 0. The molecule has 0 heterocycles. The summed E-state index contributed by atoms with van der Waals surface area (Å²) < 4.78 is 19.5. The van der Waals surface area contributed by atoms with E-state index in [9.17, 15) is 7.05 Å². The van der Waals surface area contributed by atoms with Gasteiger partial charge in [0.1, 0.15) is 0 Å². The molecule has 0 rings (SSSR count). The summed E-state index contributed by atoms with van der Waals surface area (Å²) in [6.45, 7) is 5.50.